The lowest BCUT2D eigenvalue weighted by Gasteiger charge is -2.25. The smallest absolute Gasteiger partial charge is 0.259 e. The SMILES string of the molecule is Nc1ccc(N=Nc2c(O)c(C(=O)Nc3cccc(CCc4ccc(N(c5ccccc5)c5ccccc5)cc4)c3)cc3ccc4c5ccccc5[nH]c4c23)cc1. The first-order valence-corrected chi connectivity index (χ1v) is 18.8. The Kier molecular flexibility index (Phi) is 9.34. The van der Waals surface area contributed by atoms with Crippen LogP contribution in [0.4, 0.5) is 39.8 Å². The van der Waals surface area contributed by atoms with Crippen LogP contribution in [-0.4, -0.2) is 16.0 Å². The summed E-state index contributed by atoms with van der Waals surface area (Å²) >= 11 is 0. The molecule has 0 bridgehead atoms. The minimum absolute atomic E-state index is 0.0924. The quantitative estimate of drug-likeness (QED) is 0.0823. The van der Waals surface area contributed by atoms with Gasteiger partial charge in [-0.05, 0) is 114 Å². The maximum Gasteiger partial charge on any atom is 0.259 e. The molecule has 8 aromatic carbocycles. The van der Waals surface area contributed by atoms with E-state index in [2.05, 4.69) is 104 Å². The van der Waals surface area contributed by atoms with E-state index in [1.54, 1.807) is 30.3 Å². The highest BCUT2D eigenvalue weighted by Gasteiger charge is 2.22. The Morgan fingerprint density at radius 2 is 1.30 bits per heavy atom. The molecule has 1 amide bonds. The number of fused-ring (bicyclic) bond motifs is 5. The number of para-hydroxylation sites is 3. The second kappa shape index (κ2) is 15.2. The Balaban J connectivity index is 0.971. The van der Waals surface area contributed by atoms with Gasteiger partial charge in [0.2, 0.25) is 0 Å². The number of carbonyl (C=O) groups is 1. The molecule has 276 valence electrons. The predicted octanol–water partition coefficient (Wildman–Crippen LogP) is 12.7. The number of aromatic hydroxyl groups is 1. The van der Waals surface area contributed by atoms with Gasteiger partial charge in [-0.3, -0.25) is 4.79 Å². The zero-order valence-electron chi connectivity index (χ0n) is 30.9. The second-order valence-corrected chi connectivity index (χ2v) is 14.0. The Morgan fingerprint density at radius 3 is 2.04 bits per heavy atom. The fraction of sp³-hybridized carbons (Fsp3) is 0.0408. The largest absolute Gasteiger partial charge is 0.505 e. The molecule has 9 aromatic rings. The number of phenols is 1. The second-order valence-electron chi connectivity index (χ2n) is 14.0. The molecule has 1 aromatic heterocycles. The highest BCUT2D eigenvalue weighted by molar-refractivity contribution is 6.22. The molecule has 0 saturated carbocycles. The van der Waals surface area contributed by atoms with Crippen LogP contribution in [0.25, 0.3) is 32.6 Å². The lowest BCUT2D eigenvalue weighted by Crippen LogP contribution is -2.12. The van der Waals surface area contributed by atoms with E-state index >= 15 is 0 Å². The van der Waals surface area contributed by atoms with Crippen LogP contribution >= 0.6 is 0 Å². The zero-order valence-corrected chi connectivity index (χ0v) is 30.9. The van der Waals surface area contributed by atoms with E-state index in [9.17, 15) is 9.90 Å². The van der Waals surface area contributed by atoms with E-state index < -0.39 is 5.91 Å². The summed E-state index contributed by atoms with van der Waals surface area (Å²) < 4.78 is 0. The predicted molar refractivity (Wildman–Crippen MR) is 233 cm³/mol. The van der Waals surface area contributed by atoms with Crippen LogP contribution in [0.3, 0.4) is 0 Å². The number of aromatic amines is 1. The van der Waals surface area contributed by atoms with Crippen molar-refractivity contribution in [2.24, 2.45) is 10.2 Å². The molecule has 0 aliphatic heterocycles. The summed E-state index contributed by atoms with van der Waals surface area (Å²) in [6.45, 7) is 0. The average Bonchev–Trinajstić information content (AvgIpc) is 3.63. The number of hydrogen-bond acceptors (Lipinski definition) is 6. The van der Waals surface area contributed by atoms with Gasteiger partial charge >= 0.3 is 0 Å². The number of nitrogens with one attached hydrogen (secondary N) is 2. The van der Waals surface area contributed by atoms with Gasteiger partial charge < -0.3 is 26.0 Å². The maximum atomic E-state index is 14.0. The van der Waals surface area contributed by atoms with Gasteiger partial charge in [-0.1, -0.05) is 91.0 Å². The first-order chi connectivity index (χ1) is 28.0. The van der Waals surface area contributed by atoms with Gasteiger partial charge in [-0.2, -0.15) is 5.11 Å². The molecule has 0 radical (unpaired) electrons. The van der Waals surface area contributed by atoms with Crippen LogP contribution in [0, 0.1) is 0 Å². The molecule has 57 heavy (non-hydrogen) atoms. The number of aryl methyl sites for hydroxylation is 2. The third-order valence-electron chi connectivity index (χ3n) is 10.2. The Labute approximate surface area is 329 Å². The number of phenolic OH excluding ortho intramolecular Hbond substituents is 1. The van der Waals surface area contributed by atoms with Gasteiger partial charge in [-0.15, -0.1) is 5.11 Å². The summed E-state index contributed by atoms with van der Waals surface area (Å²) in [6, 6.07) is 57.9. The number of nitrogens with zero attached hydrogens (tertiary/aromatic N) is 3. The van der Waals surface area contributed by atoms with Crippen molar-refractivity contribution in [3.05, 3.63) is 193 Å². The number of nitrogen functional groups attached to an aromatic ring is 1. The summed E-state index contributed by atoms with van der Waals surface area (Å²) in [5.41, 5.74) is 15.3. The van der Waals surface area contributed by atoms with E-state index in [4.69, 9.17) is 5.73 Å². The van der Waals surface area contributed by atoms with E-state index in [0.29, 0.717) is 22.4 Å². The molecule has 0 fully saturated rings. The number of carbonyl (C=O) groups excluding carboxylic acids is 1. The van der Waals surface area contributed by atoms with Gasteiger partial charge in [0.05, 0.1) is 16.8 Å². The summed E-state index contributed by atoms with van der Waals surface area (Å²) in [6.07, 6.45) is 1.60. The number of rotatable bonds is 10. The van der Waals surface area contributed by atoms with Crippen molar-refractivity contribution in [3.8, 4) is 5.75 Å². The van der Waals surface area contributed by atoms with Crippen molar-refractivity contribution in [1.82, 2.24) is 4.98 Å². The minimum atomic E-state index is -0.454. The number of azo groups is 1. The highest BCUT2D eigenvalue weighted by atomic mass is 16.3. The number of hydrogen-bond donors (Lipinski definition) is 4. The molecule has 8 nitrogen and oxygen atoms in total. The molecule has 8 heteroatoms. The van der Waals surface area contributed by atoms with Gasteiger partial charge in [0.15, 0.2) is 5.75 Å². The molecule has 9 rings (SSSR count). The van der Waals surface area contributed by atoms with Gasteiger partial charge in [0.1, 0.15) is 5.69 Å². The van der Waals surface area contributed by atoms with Crippen LogP contribution < -0.4 is 16.0 Å². The van der Waals surface area contributed by atoms with Crippen LogP contribution in [-0.2, 0) is 12.8 Å². The number of aromatic nitrogens is 1. The molecule has 0 saturated heterocycles. The van der Waals surface area contributed by atoms with E-state index in [1.165, 1.54) is 5.56 Å². The fourth-order valence-electron chi connectivity index (χ4n) is 7.40. The molecule has 0 aliphatic carbocycles. The zero-order chi connectivity index (χ0) is 38.7. The average molecular weight is 743 g/mol. The number of benzene rings is 8. The molecule has 0 atom stereocenters. The number of anilines is 5. The fourth-order valence-corrected chi connectivity index (χ4v) is 7.40. The Hall–Kier alpha value is -7.71. The van der Waals surface area contributed by atoms with Crippen molar-refractivity contribution in [2.75, 3.05) is 16.0 Å². The van der Waals surface area contributed by atoms with Crippen molar-refractivity contribution in [2.45, 2.75) is 12.8 Å². The first kappa shape index (κ1) is 35.0. The van der Waals surface area contributed by atoms with Crippen LogP contribution in [0.2, 0.25) is 0 Å². The lowest BCUT2D eigenvalue weighted by atomic mass is 10.00. The summed E-state index contributed by atoms with van der Waals surface area (Å²) in [4.78, 5) is 19.7. The van der Waals surface area contributed by atoms with Gasteiger partial charge in [-0.25, -0.2) is 0 Å². The standard InChI is InChI=1S/C49H38N6O2/c50-35-23-25-36(26-24-35)53-54-47-45-34(22-29-42-41-16-7-8-17-44(41)52-46(42)45)31-43(48(47)56)49(57)51-37-11-9-10-33(30-37)19-18-32-20-27-40(28-21-32)55(38-12-3-1-4-13-38)39-14-5-2-6-15-39/h1-17,20-31,52,56H,18-19,50H2,(H,51,57). The highest BCUT2D eigenvalue weighted by Crippen LogP contribution is 2.44. The molecular weight excluding hydrogens is 705 g/mol. The normalized spacial score (nSPS) is 11.4. The van der Waals surface area contributed by atoms with Gasteiger partial charge in [0.25, 0.3) is 5.91 Å². The van der Waals surface area contributed by atoms with Crippen LogP contribution in [0.1, 0.15) is 21.5 Å². The van der Waals surface area contributed by atoms with E-state index in [1.807, 2.05) is 66.7 Å². The van der Waals surface area contributed by atoms with Gasteiger partial charge in [0, 0.05) is 50.1 Å². The number of amides is 1. The summed E-state index contributed by atoms with van der Waals surface area (Å²) in [5, 5.41) is 27.2. The molecule has 0 spiro atoms. The number of H-pyrrole nitrogens is 1. The van der Waals surface area contributed by atoms with E-state index in [-0.39, 0.29) is 17.0 Å². The maximum absolute atomic E-state index is 14.0. The van der Waals surface area contributed by atoms with Crippen molar-refractivity contribution < 1.29 is 9.90 Å². The first-order valence-electron chi connectivity index (χ1n) is 18.8. The molecule has 0 aliphatic rings. The molecular formula is C49H38N6O2. The Morgan fingerprint density at radius 1 is 0.632 bits per heavy atom. The number of nitrogens with two attached hydrogens (primary N) is 1. The third kappa shape index (κ3) is 7.15. The minimum Gasteiger partial charge on any atom is -0.505 e. The molecule has 1 heterocycles. The summed E-state index contributed by atoms with van der Waals surface area (Å²) in [5.74, 6) is -0.716. The third-order valence-corrected chi connectivity index (χ3v) is 10.2. The van der Waals surface area contributed by atoms with Crippen LogP contribution in [0.15, 0.2) is 186 Å². The Bertz CT molecular complexity index is 2870. The summed E-state index contributed by atoms with van der Waals surface area (Å²) in [7, 11) is 0. The van der Waals surface area contributed by atoms with Crippen molar-refractivity contribution >= 4 is 78.3 Å². The molecule has 5 N–H and O–H groups in total. The van der Waals surface area contributed by atoms with Crippen molar-refractivity contribution in [3.63, 3.8) is 0 Å². The molecule has 0 unspecified atom stereocenters. The van der Waals surface area contributed by atoms with E-state index in [0.717, 1.165) is 62.7 Å². The topological polar surface area (TPSA) is 119 Å². The van der Waals surface area contributed by atoms with Crippen molar-refractivity contribution in [1.29, 1.82) is 0 Å². The lowest BCUT2D eigenvalue weighted by molar-refractivity contribution is 0.102. The van der Waals surface area contributed by atoms with Crippen LogP contribution in [0.5, 0.6) is 5.75 Å². The monoisotopic (exact) mass is 742 g/mol.